The Labute approximate surface area is 174 Å². The Bertz CT molecular complexity index is 930. The zero-order valence-electron chi connectivity index (χ0n) is 16.3. The van der Waals surface area contributed by atoms with Crippen molar-refractivity contribution < 1.29 is 27.1 Å². The maximum absolute atomic E-state index is 12.6. The Morgan fingerprint density at radius 3 is 2.69 bits per heavy atom. The Morgan fingerprint density at radius 1 is 1.24 bits per heavy atom. The van der Waals surface area contributed by atoms with E-state index in [4.69, 9.17) is 13.9 Å². The highest BCUT2D eigenvalue weighted by atomic mass is 32.2. The molecule has 1 aliphatic rings. The number of nitrogens with zero attached hydrogens (tertiary/aromatic N) is 1. The maximum Gasteiger partial charge on any atom is 0.243 e. The smallest absolute Gasteiger partial charge is 0.243 e. The van der Waals surface area contributed by atoms with Crippen molar-refractivity contribution in [2.75, 3.05) is 36.1 Å². The molecule has 1 atom stereocenters. The molecule has 0 radical (unpaired) electrons. The Balaban J connectivity index is 1.61. The number of carbonyl (C=O) groups excluding carboxylic acids is 1. The fourth-order valence-electron chi connectivity index (χ4n) is 2.94. The van der Waals surface area contributed by atoms with E-state index < -0.39 is 16.1 Å². The number of ether oxygens (including phenoxy) is 2. The lowest BCUT2D eigenvalue weighted by molar-refractivity contribution is -0.121. The van der Waals surface area contributed by atoms with Gasteiger partial charge in [0.15, 0.2) is 11.5 Å². The van der Waals surface area contributed by atoms with Gasteiger partial charge in [-0.05, 0) is 31.2 Å². The first-order valence-corrected chi connectivity index (χ1v) is 12.1. The minimum absolute atomic E-state index is 0.353. The Morgan fingerprint density at radius 2 is 2.00 bits per heavy atom. The van der Waals surface area contributed by atoms with Gasteiger partial charge in [0.1, 0.15) is 25.0 Å². The number of sulfonamides is 1. The summed E-state index contributed by atoms with van der Waals surface area (Å²) in [6.07, 6.45) is 2.70. The second kappa shape index (κ2) is 9.45. The minimum atomic E-state index is -3.70. The van der Waals surface area contributed by atoms with Gasteiger partial charge in [0.25, 0.3) is 0 Å². The molecule has 2 aromatic rings. The SMILES string of the molecule is C[C@H](C(=O)NCCSCc1ccco1)N(c1ccc2c(c1)OCCO2)S(C)(=O)=O. The fraction of sp³-hybridized carbons (Fsp3) is 0.421. The normalized spacial score (nSPS) is 14.3. The topological polar surface area (TPSA) is 98.1 Å². The van der Waals surface area contributed by atoms with Gasteiger partial charge in [0.05, 0.1) is 24.0 Å². The van der Waals surface area contributed by atoms with Gasteiger partial charge in [-0.25, -0.2) is 8.42 Å². The molecular formula is C19H24N2O6S2. The number of nitrogens with one attached hydrogen (secondary N) is 1. The van der Waals surface area contributed by atoms with E-state index in [1.165, 1.54) is 0 Å². The van der Waals surface area contributed by atoms with Gasteiger partial charge in [-0.3, -0.25) is 9.10 Å². The second-order valence-corrected chi connectivity index (χ2v) is 9.45. The number of anilines is 1. The molecule has 0 aliphatic carbocycles. The quantitative estimate of drug-likeness (QED) is 0.597. The number of hydrogen-bond acceptors (Lipinski definition) is 7. The van der Waals surface area contributed by atoms with Crippen LogP contribution in [0.2, 0.25) is 0 Å². The number of thioether (sulfide) groups is 1. The summed E-state index contributed by atoms with van der Waals surface area (Å²) in [6, 6.07) is 7.65. The summed E-state index contributed by atoms with van der Waals surface area (Å²) in [6.45, 7) is 2.82. The zero-order chi connectivity index (χ0) is 20.9. The monoisotopic (exact) mass is 440 g/mol. The first kappa shape index (κ1) is 21.4. The molecule has 0 unspecified atom stereocenters. The molecule has 2 heterocycles. The van der Waals surface area contributed by atoms with Crippen molar-refractivity contribution in [3.05, 3.63) is 42.4 Å². The van der Waals surface area contributed by atoms with Gasteiger partial charge in [-0.2, -0.15) is 11.8 Å². The van der Waals surface area contributed by atoms with Crippen LogP contribution in [-0.4, -0.2) is 52.1 Å². The van der Waals surface area contributed by atoms with E-state index >= 15 is 0 Å². The highest BCUT2D eigenvalue weighted by molar-refractivity contribution is 7.98. The standard InChI is InChI=1S/C19H24N2O6S2/c1-14(19(22)20-7-11-28-13-16-4-3-8-25-16)21(29(2,23)24)15-5-6-17-18(12-15)27-10-9-26-17/h3-6,8,12,14H,7,9-11,13H2,1-2H3,(H,20,22)/t14-/m1/s1. The molecule has 29 heavy (non-hydrogen) atoms. The van der Waals surface area contributed by atoms with Crippen molar-refractivity contribution in [1.29, 1.82) is 0 Å². The van der Waals surface area contributed by atoms with Crippen molar-refractivity contribution in [2.24, 2.45) is 0 Å². The molecule has 10 heteroatoms. The highest BCUT2D eigenvalue weighted by Gasteiger charge is 2.30. The van der Waals surface area contributed by atoms with Gasteiger partial charge < -0.3 is 19.2 Å². The molecule has 1 aromatic carbocycles. The summed E-state index contributed by atoms with van der Waals surface area (Å²) >= 11 is 1.62. The molecule has 3 rings (SSSR count). The third-order valence-electron chi connectivity index (χ3n) is 4.24. The predicted octanol–water partition coefficient (Wildman–Crippen LogP) is 2.25. The molecule has 1 aromatic heterocycles. The summed E-state index contributed by atoms with van der Waals surface area (Å²) < 4.78 is 42.2. The maximum atomic E-state index is 12.6. The third kappa shape index (κ3) is 5.60. The summed E-state index contributed by atoms with van der Waals surface area (Å²) in [5.74, 6) is 2.91. The van der Waals surface area contributed by atoms with E-state index in [9.17, 15) is 13.2 Å². The number of benzene rings is 1. The van der Waals surface area contributed by atoms with Gasteiger partial charge >= 0.3 is 0 Å². The van der Waals surface area contributed by atoms with E-state index in [1.54, 1.807) is 43.1 Å². The average Bonchev–Trinajstić information content (AvgIpc) is 3.20. The van der Waals surface area contributed by atoms with Crippen LogP contribution in [0.1, 0.15) is 12.7 Å². The molecule has 0 saturated heterocycles. The number of hydrogen-bond donors (Lipinski definition) is 1. The molecule has 0 bridgehead atoms. The molecule has 0 spiro atoms. The van der Waals surface area contributed by atoms with E-state index in [-0.39, 0.29) is 5.91 Å². The zero-order valence-corrected chi connectivity index (χ0v) is 17.9. The van der Waals surface area contributed by atoms with Crippen LogP contribution >= 0.6 is 11.8 Å². The van der Waals surface area contributed by atoms with Crippen LogP contribution in [0, 0.1) is 0 Å². The third-order valence-corrected chi connectivity index (χ3v) is 6.46. The number of amides is 1. The van der Waals surface area contributed by atoms with E-state index in [2.05, 4.69) is 5.32 Å². The van der Waals surface area contributed by atoms with Crippen LogP contribution in [0.4, 0.5) is 5.69 Å². The first-order valence-electron chi connectivity index (χ1n) is 9.13. The molecule has 0 fully saturated rings. The number of rotatable bonds is 9. The lowest BCUT2D eigenvalue weighted by atomic mass is 10.2. The minimum Gasteiger partial charge on any atom is -0.486 e. The molecular weight excluding hydrogens is 416 g/mol. The van der Waals surface area contributed by atoms with Crippen molar-refractivity contribution >= 4 is 33.4 Å². The number of furan rings is 1. The fourth-order valence-corrected chi connectivity index (χ4v) is 4.86. The summed E-state index contributed by atoms with van der Waals surface area (Å²) in [7, 11) is -3.70. The van der Waals surface area contributed by atoms with Gasteiger partial charge in [-0.15, -0.1) is 0 Å². The highest BCUT2D eigenvalue weighted by Crippen LogP contribution is 2.35. The molecule has 0 saturated carbocycles. The van der Waals surface area contributed by atoms with E-state index in [0.717, 1.165) is 16.3 Å². The van der Waals surface area contributed by atoms with E-state index in [1.807, 2.05) is 12.1 Å². The average molecular weight is 441 g/mol. The lowest BCUT2D eigenvalue weighted by Crippen LogP contribution is -2.48. The van der Waals surface area contributed by atoms with Crippen LogP contribution in [0.5, 0.6) is 11.5 Å². The summed E-state index contributed by atoms with van der Waals surface area (Å²) in [5.41, 5.74) is 0.353. The number of fused-ring (bicyclic) bond motifs is 1. The van der Waals surface area contributed by atoms with Gasteiger partial charge in [-0.1, -0.05) is 0 Å². The molecule has 158 valence electrons. The molecule has 8 nitrogen and oxygen atoms in total. The first-order chi connectivity index (χ1) is 13.9. The summed E-state index contributed by atoms with van der Waals surface area (Å²) in [4.78, 5) is 12.6. The largest absolute Gasteiger partial charge is 0.486 e. The Hall–Kier alpha value is -2.33. The van der Waals surface area contributed by atoms with Crippen molar-refractivity contribution in [3.8, 4) is 11.5 Å². The lowest BCUT2D eigenvalue weighted by Gasteiger charge is -2.29. The van der Waals surface area contributed by atoms with Gasteiger partial charge in [0.2, 0.25) is 15.9 Å². The molecule has 1 N–H and O–H groups in total. The van der Waals surface area contributed by atoms with Crippen LogP contribution < -0.4 is 19.1 Å². The van der Waals surface area contributed by atoms with E-state index in [0.29, 0.717) is 48.5 Å². The second-order valence-electron chi connectivity index (χ2n) is 6.49. The Kier molecular flexibility index (Phi) is 6.96. The van der Waals surface area contributed by atoms with Crippen LogP contribution in [0.15, 0.2) is 41.0 Å². The van der Waals surface area contributed by atoms with Crippen molar-refractivity contribution in [1.82, 2.24) is 5.32 Å². The van der Waals surface area contributed by atoms with Gasteiger partial charge in [0, 0.05) is 18.4 Å². The predicted molar refractivity (Wildman–Crippen MR) is 112 cm³/mol. The van der Waals surface area contributed by atoms with Crippen molar-refractivity contribution in [3.63, 3.8) is 0 Å². The summed E-state index contributed by atoms with van der Waals surface area (Å²) in [5, 5.41) is 2.79. The van der Waals surface area contributed by atoms with Crippen molar-refractivity contribution in [2.45, 2.75) is 18.7 Å². The molecule has 1 amide bonds. The van der Waals surface area contributed by atoms with Crippen LogP contribution in [0.25, 0.3) is 0 Å². The molecule has 1 aliphatic heterocycles. The van der Waals surface area contributed by atoms with Crippen LogP contribution in [-0.2, 0) is 20.6 Å². The van der Waals surface area contributed by atoms with Crippen LogP contribution in [0.3, 0.4) is 0 Å². The number of carbonyl (C=O) groups is 1.